The lowest BCUT2D eigenvalue weighted by molar-refractivity contribution is -0.150. The van der Waals surface area contributed by atoms with Gasteiger partial charge in [-0.3, -0.25) is 4.79 Å². The standard InChI is InChI=1S/C13H19NO4S2/c1-9(2)13(12(15)16)6-7-14(8-13)20(17,18)11-5-4-10(3)19-11/h4-5,9H,6-8H2,1-3H3,(H,15,16). The van der Waals surface area contributed by atoms with Crippen LogP contribution in [0, 0.1) is 18.3 Å². The molecule has 0 saturated carbocycles. The highest BCUT2D eigenvalue weighted by atomic mass is 32.2. The summed E-state index contributed by atoms with van der Waals surface area (Å²) in [5.41, 5.74) is -0.973. The summed E-state index contributed by atoms with van der Waals surface area (Å²) in [4.78, 5) is 12.5. The lowest BCUT2D eigenvalue weighted by atomic mass is 9.77. The van der Waals surface area contributed by atoms with Gasteiger partial charge in [0.1, 0.15) is 4.21 Å². The number of thiophene rings is 1. The molecule has 1 aliphatic rings. The van der Waals surface area contributed by atoms with Crippen molar-refractivity contribution in [3.05, 3.63) is 17.0 Å². The van der Waals surface area contributed by atoms with Gasteiger partial charge in [0, 0.05) is 18.0 Å². The number of rotatable bonds is 4. The average molecular weight is 317 g/mol. The largest absolute Gasteiger partial charge is 0.481 e. The van der Waals surface area contributed by atoms with Crippen LogP contribution in [0.15, 0.2) is 16.3 Å². The van der Waals surface area contributed by atoms with E-state index in [1.165, 1.54) is 15.6 Å². The van der Waals surface area contributed by atoms with Crippen LogP contribution >= 0.6 is 11.3 Å². The third-order valence-corrected chi connectivity index (χ3v) is 7.42. The highest BCUT2D eigenvalue weighted by molar-refractivity contribution is 7.91. The molecule has 1 aromatic heterocycles. The molecule has 5 nitrogen and oxygen atoms in total. The normalized spacial score (nSPS) is 24.4. The van der Waals surface area contributed by atoms with Crippen molar-refractivity contribution in [3.63, 3.8) is 0 Å². The van der Waals surface area contributed by atoms with Crippen molar-refractivity contribution in [2.75, 3.05) is 13.1 Å². The van der Waals surface area contributed by atoms with Crippen LogP contribution in [0.5, 0.6) is 0 Å². The summed E-state index contributed by atoms with van der Waals surface area (Å²) in [6.07, 6.45) is 0.365. The fraction of sp³-hybridized carbons (Fsp3) is 0.615. The molecule has 7 heteroatoms. The number of aryl methyl sites for hydroxylation is 1. The second kappa shape index (κ2) is 5.13. The average Bonchev–Trinajstić information content (AvgIpc) is 2.95. The fourth-order valence-electron chi connectivity index (χ4n) is 2.57. The first-order chi connectivity index (χ1) is 9.20. The molecular formula is C13H19NO4S2. The van der Waals surface area contributed by atoms with Crippen LogP contribution in [0.3, 0.4) is 0 Å². The molecule has 0 aliphatic carbocycles. The van der Waals surface area contributed by atoms with Crippen LogP contribution < -0.4 is 0 Å². The van der Waals surface area contributed by atoms with Crippen LogP contribution in [-0.2, 0) is 14.8 Å². The Balaban J connectivity index is 2.31. The predicted molar refractivity (Wildman–Crippen MR) is 77.3 cm³/mol. The van der Waals surface area contributed by atoms with Crippen molar-refractivity contribution in [3.8, 4) is 0 Å². The van der Waals surface area contributed by atoms with E-state index < -0.39 is 21.4 Å². The Morgan fingerprint density at radius 1 is 1.45 bits per heavy atom. The molecule has 2 heterocycles. The Morgan fingerprint density at radius 2 is 2.10 bits per heavy atom. The summed E-state index contributed by atoms with van der Waals surface area (Å²) in [7, 11) is -3.57. The van der Waals surface area contributed by atoms with Crippen LogP contribution in [0.2, 0.25) is 0 Å². The van der Waals surface area contributed by atoms with Gasteiger partial charge in [0.05, 0.1) is 5.41 Å². The molecule has 1 fully saturated rings. The maximum absolute atomic E-state index is 12.5. The second-order valence-electron chi connectivity index (χ2n) is 5.57. The molecule has 1 aromatic rings. The molecule has 0 spiro atoms. The zero-order chi connectivity index (χ0) is 15.1. The van der Waals surface area contributed by atoms with E-state index in [1.807, 2.05) is 20.8 Å². The minimum atomic E-state index is -3.57. The van der Waals surface area contributed by atoms with E-state index in [-0.39, 0.29) is 19.0 Å². The van der Waals surface area contributed by atoms with Crippen molar-refractivity contribution in [2.24, 2.45) is 11.3 Å². The quantitative estimate of drug-likeness (QED) is 0.923. The molecule has 0 aromatic carbocycles. The summed E-state index contributed by atoms with van der Waals surface area (Å²) in [6, 6.07) is 3.35. The van der Waals surface area contributed by atoms with E-state index in [0.717, 1.165) is 4.88 Å². The summed E-state index contributed by atoms with van der Waals surface area (Å²) >= 11 is 1.22. The van der Waals surface area contributed by atoms with Gasteiger partial charge in [-0.15, -0.1) is 11.3 Å². The second-order valence-corrected chi connectivity index (χ2v) is 9.02. The Kier molecular flexibility index (Phi) is 3.96. The SMILES string of the molecule is Cc1ccc(S(=O)(=O)N2CCC(C(=O)O)(C(C)C)C2)s1. The maximum Gasteiger partial charge on any atom is 0.311 e. The highest BCUT2D eigenvalue weighted by Gasteiger charge is 2.50. The Bertz CT molecular complexity index is 620. The Labute approximate surface area is 123 Å². The number of hydrogen-bond acceptors (Lipinski definition) is 4. The topological polar surface area (TPSA) is 74.7 Å². The molecular weight excluding hydrogens is 298 g/mol. The molecule has 1 saturated heterocycles. The zero-order valence-electron chi connectivity index (χ0n) is 11.8. The Hall–Kier alpha value is -0.920. The highest BCUT2D eigenvalue weighted by Crippen LogP contribution is 2.40. The van der Waals surface area contributed by atoms with E-state index in [1.54, 1.807) is 12.1 Å². The summed E-state index contributed by atoms with van der Waals surface area (Å²) in [6.45, 7) is 5.84. The number of carboxylic acid groups (broad SMARTS) is 1. The smallest absolute Gasteiger partial charge is 0.311 e. The molecule has 112 valence electrons. The summed E-state index contributed by atoms with van der Waals surface area (Å²) < 4.78 is 26.7. The van der Waals surface area contributed by atoms with Gasteiger partial charge in [-0.1, -0.05) is 13.8 Å². The van der Waals surface area contributed by atoms with E-state index in [9.17, 15) is 18.3 Å². The first-order valence-electron chi connectivity index (χ1n) is 6.50. The van der Waals surface area contributed by atoms with Gasteiger partial charge in [-0.2, -0.15) is 4.31 Å². The number of nitrogens with zero attached hydrogens (tertiary/aromatic N) is 1. The summed E-state index contributed by atoms with van der Waals surface area (Å²) in [5.74, 6) is -1.02. The molecule has 0 bridgehead atoms. The minimum absolute atomic E-state index is 0.0548. The number of carbonyl (C=O) groups is 1. The van der Waals surface area contributed by atoms with Gasteiger partial charge < -0.3 is 5.11 Å². The molecule has 20 heavy (non-hydrogen) atoms. The Morgan fingerprint density at radius 3 is 2.50 bits per heavy atom. The van der Waals surface area contributed by atoms with Crippen molar-refractivity contribution in [1.29, 1.82) is 0 Å². The third kappa shape index (κ3) is 2.38. The molecule has 1 N–H and O–H groups in total. The third-order valence-electron chi connectivity index (χ3n) is 4.11. The number of aliphatic carboxylic acids is 1. The minimum Gasteiger partial charge on any atom is -0.481 e. The molecule has 2 rings (SSSR count). The van der Waals surface area contributed by atoms with Crippen LogP contribution in [0.1, 0.15) is 25.1 Å². The van der Waals surface area contributed by atoms with E-state index in [4.69, 9.17) is 0 Å². The number of carboxylic acids is 1. The number of hydrogen-bond donors (Lipinski definition) is 1. The van der Waals surface area contributed by atoms with E-state index in [0.29, 0.717) is 10.6 Å². The van der Waals surface area contributed by atoms with Crippen molar-refractivity contribution >= 4 is 27.3 Å². The lowest BCUT2D eigenvalue weighted by Crippen LogP contribution is -2.40. The predicted octanol–water partition coefficient (Wildman–Crippen LogP) is 2.18. The van der Waals surface area contributed by atoms with Crippen LogP contribution in [-0.4, -0.2) is 36.9 Å². The first-order valence-corrected chi connectivity index (χ1v) is 8.76. The van der Waals surface area contributed by atoms with E-state index >= 15 is 0 Å². The van der Waals surface area contributed by atoms with Gasteiger partial charge in [-0.05, 0) is 31.4 Å². The van der Waals surface area contributed by atoms with Gasteiger partial charge >= 0.3 is 5.97 Å². The first kappa shape index (κ1) is 15.5. The van der Waals surface area contributed by atoms with Crippen LogP contribution in [0.4, 0.5) is 0 Å². The lowest BCUT2D eigenvalue weighted by Gasteiger charge is -2.28. The molecule has 1 atom stereocenters. The fourth-order valence-corrected chi connectivity index (χ4v) is 5.52. The zero-order valence-corrected chi connectivity index (χ0v) is 13.4. The van der Waals surface area contributed by atoms with Gasteiger partial charge in [-0.25, -0.2) is 8.42 Å². The molecule has 0 radical (unpaired) electrons. The summed E-state index contributed by atoms with van der Waals surface area (Å²) in [5, 5.41) is 9.47. The monoisotopic (exact) mass is 317 g/mol. The van der Waals surface area contributed by atoms with Crippen LogP contribution in [0.25, 0.3) is 0 Å². The van der Waals surface area contributed by atoms with Gasteiger partial charge in [0.15, 0.2) is 0 Å². The van der Waals surface area contributed by atoms with E-state index in [2.05, 4.69) is 0 Å². The van der Waals surface area contributed by atoms with Crippen molar-refractivity contribution in [1.82, 2.24) is 4.31 Å². The molecule has 1 aliphatic heterocycles. The molecule has 1 unspecified atom stereocenters. The maximum atomic E-state index is 12.5. The molecule has 0 amide bonds. The van der Waals surface area contributed by atoms with Crippen molar-refractivity contribution in [2.45, 2.75) is 31.4 Å². The number of sulfonamides is 1. The van der Waals surface area contributed by atoms with Gasteiger partial charge in [0.25, 0.3) is 10.0 Å². The van der Waals surface area contributed by atoms with Gasteiger partial charge in [0.2, 0.25) is 0 Å². The van der Waals surface area contributed by atoms with Crippen molar-refractivity contribution < 1.29 is 18.3 Å².